The molecule has 3 heteroatoms. The van der Waals surface area contributed by atoms with Crippen molar-refractivity contribution in [2.24, 2.45) is 0 Å². The minimum Gasteiger partial charge on any atom is -0.367 e. The normalized spacial score (nSPS) is 19.9. The van der Waals surface area contributed by atoms with Crippen LogP contribution in [0, 0.1) is 0 Å². The molecule has 1 heterocycles. The van der Waals surface area contributed by atoms with Gasteiger partial charge in [0.1, 0.15) is 0 Å². The third-order valence-electron chi connectivity index (χ3n) is 3.57. The Labute approximate surface area is 109 Å². The molecule has 0 spiro atoms. The van der Waals surface area contributed by atoms with E-state index in [9.17, 15) is 0 Å². The van der Waals surface area contributed by atoms with Gasteiger partial charge in [0.15, 0.2) is 0 Å². The van der Waals surface area contributed by atoms with E-state index in [1.165, 1.54) is 30.5 Å². The van der Waals surface area contributed by atoms with E-state index >= 15 is 0 Å². The molecular weight excluding hydrogens is 232 g/mol. The van der Waals surface area contributed by atoms with E-state index in [4.69, 9.17) is 11.6 Å². The molecule has 1 saturated heterocycles. The van der Waals surface area contributed by atoms with Gasteiger partial charge >= 0.3 is 0 Å². The van der Waals surface area contributed by atoms with Crippen LogP contribution in [0.15, 0.2) is 18.2 Å². The highest BCUT2D eigenvalue weighted by Gasteiger charge is 2.26. The minimum absolute atomic E-state index is 0.658. The third-order valence-corrected chi connectivity index (χ3v) is 3.88. The van der Waals surface area contributed by atoms with Crippen LogP contribution < -0.4 is 10.2 Å². The molecule has 0 saturated carbocycles. The smallest absolute Gasteiger partial charge is 0.0643 e. The maximum absolute atomic E-state index is 6.40. The first-order valence-electron chi connectivity index (χ1n) is 6.46. The Balaban J connectivity index is 2.35. The molecule has 1 aliphatic heterocycles. The van der Waals surface area contributed by atoms with Gasteiger partial charge in [-0.2, -0.15) is 0 Å². The van der Waals surface area contributed by atoms with E-state index in [1.54, 1.807) is 0 Å². The molecular formula is C14H21ClN2. The van der Waals surface area contributed by atoms with Crippen molar-refractivity contribution in [2.45, 2.75) is 38.8 Å². The van der Waals surface area contributed by atoms with E-state index in [-0.39, 0.29) is 0 Å². The van der Waals surface area contributed by atoms with Gasteiger partial charge in [0.25, 0.3) is 0 Å². The number of anilines is 1. The van der Waals surface area contributed by atoms with Gasteiger partial charge in [-0.25, -0.2) is 0 Å². The van der Waals surface area contributed by atoms with Crippen molar-refractivity contribution < 1.29 is 0 Å². The molecule has 1 fully saturated rings. The van der Waals surface area contributed by atoms with Crippen LogP contribution >= 0.6 is 11.6 Å². The fourth-order valence-electron chi connectivity index (χ4n) is 2.77. The summed E-state index contributed by atoms with van der Waals surface area (Å²) in [5.41, 5.74) is 2.55. The molecule has 1 aliphatic rings. The van der Waals surface area contributed by atoms with Gasteiger partial charge < -0.3 is 10.2 Å². The van der Waals surface area contributed by atoms with Crippen molar-refractivity contribution in [1.29, 1.82) is 0 Å². The fourth-order valence-corrected chi connectivity index (χ4v) is 3.07. The molecule has 2 nitrogen and oxygen atoms in total. The second-order valence-corrected chi connectivity index (χ2v) is 5.08. The standard InChI is InChI=1S/C14H21ClN2/c1-3-12-7-5-9-17(12)14-11(10-16-2)6-4-8-13(14)15/h4,6,8,12,16H,3,5,7,9-10H2,1-2H3. The van der Waals surface area contributed by atoms with Crippen molar-refractivity contribution in [3.63, 3.8) is 0 Å². The van der Waals surface area contributed by atoms with Crippen LogP contribution in [0.5, 0.6) is 0 Å². The zero-order valence-electron chi connectivity index (χ0n) is 10.7. The molecule has 94 valence electrons. The lowest BCUT2D eigenvalue weighted by Gasteiger charge is -2.29. The highest BCUT2D eigenvalue weighted by atomic mass is 35.5. The first-order chi connectivity index (χ1) is 8.27. The van der Waals surface area contributed by atoms with Gasteiger partial charge in [0, 0.05) is 19.1 Å². The molecule has 0 bridgehead atoms. The van der Waals surface area contributed by atoms with Crippen molar-refractivity contribution in [3.8, 4) is 0 Å². The van der Waals surface area contributed by atoms with Crippen molar-refractivity contribution >= 4 is 17.3 Å². The number of para-hydroxylation sites is 1. The summed E-state index contributed by atoms with van der Waals surface area (Å²) in [5.74, 6) is 0. The molecule has 17 heavy (non-hydrogen) atoms. The van der Waals surface area contributed by atoms with Gasteiger partial charge in [0.05, 0.1) is 10.7 Å². The van der Waals surface area contributed by atoms with E-state index in [2.05, 4.69) is 23.2 Å². The van der Waals surface area contributed by atoms with E-state index < -0.39 is 0 Å². The number of nitrogens with zero attached hydrogens (tertiary/aromatic N) is 1. The van der Waals surface area contributed by atoms with Gasteiger partial charge in [-0.15, -0.1) is 0 Å². The summed E-state index contributed by atoms with van der Waals surface area (Å²) < 4.78 is 0. The largest absolute Gasteiger partial charge is 0.367 e. The molecule has 0 amide bonds. The third kappa shape index (κ3) is 2.58. The Morgan fingerprint density at radius 1 is 1.47 bits per heavy atom. The number of nitrogens with one attached hydrogen (secondary N) is 1. The minimum atomic E-state index is 0.658. The van der Waals surface area contributed by atoms with Crippen LogP contribution in [-0.2, 0) is 6.54 Å². The van der Waals surface area contributed by atoms with Crippen molar-refractivity contribution in [3.05, 3.63) is 28.8 Å². The first kappa shape index (κ1) is 12.7. The maximum Gasteiger partial charge on any atom is 0.0643 e. The Morgan fingerprint density at radius 3 is 3.00 bits per heavy atom. The lowest BCUT2D eigenvalue weighted by atomic mass is 10.1. The summed E-state index contributed by atoms with van der Waals surface area (Å²) in [7, 11) is 1.98. The molecule has 1 aromatic carbocycles. The average Bonchev–Trinajstić information content (AvgIpc) is 2.77. The van der Waals surface area contributed by atoms with E-state index in [1.807, 2.05) is 19.2 Å². The molecule has 0 aromatic heterocycles. The molecule has 0 radical (unpaired) electrons. The quantitative estimate of drug-likeness (QED) is 0.883. The second-order valence-electron chi connectivity index (χ2n) is 4.68. The predicted molar refractivity (Wildman–Crippen MR) is 74.9 cm³/mol. The van der Waals surface area contributed by atoms with Crippen LogP contribution in [0.2, 0.25) is 5.02 Å². The summed E-state index contributed by atoms with van der Waals surface area (Å²) in [6.45, 7) is 4.28. The zero-order chi connectivity index (χ0) is 12.3. The van der Waals surface area contributed by atoms with Crippen LogP contribution in [0.1, 0.15) is 31.7 Å². The van der Waals surface area contributed by atoms with Crippen molar-refractivity contribution in [2.75, 3.05) is 18.5 Å². The first-order valence-corrected chi connectivity index (χ1v) is 6.84. The zero-order valence-corrected chi connectivity index (χ0v) is 11.4. The predicted octanol–water partition coefficient (Wildman–Crippen LogP) is 3.44. The highest BCUT2D eigenvalue weighted by Crippen LogP contribution is 2.35. The molecule has 1 N–H and O–H groups in total. The maximum atomic E-state index is 6.40. The van der Waals surface area contributed by atoms with Gasteiger partial charge in [-0.05, 0) is 37.9 Å². The van der Waals surface area contributed by atoms with Gasteiger partial charge in [0.2, 0.25) is 0 Å². The second kappa shape index (κ2) is 5.74. The summed E-state index contributed by atoms with van der Waals surface area (Å²) in [6.07, 6.45) is 3.77. The molecule has 2 rings (SSSR count). The number of hydrogen-bond acceptors (Lipinski definition) is 2. The molecule has 1 unspecified atom stereocenters. The van der Waals surface area contributed by atoms with Gasteiger partial charge in [-0.3, -0.25) is 0 Å². The Kier molecular flexibility index (Phi) is 4.30. The summed E-state index contributed by atoms with van der Waals surface area (Å²) in [4.78, 5) is 2.50. The van der Waals surface area contributed by atoms with Crippen LogP contribution in [0.3, 0.4) is 0 Å². The van der Waals surface area contributed by atoms with E-state index in [0.717, 1.165) is 18.1 Å². The fraction of sp³-hybridized carbons (Fsp3) is 0.571. The Bertz CT molecular complexity index is 378. The SMILES string of the molecule is CCC1CCCN1c1c(Cl)cccc1CNC. The van der Waals surface area contributed by atoms with E-state index in [0.29, 0.717) is 6.04 Å². The Morgan fingerprint density at radius 2 is 2.29 bits per heavy atom. The number of benzene rings is 1. The monoisotopic (exact) mass is 252 g/mol. The summed E-state index contributed by atoms with van der Waals surface area (Å²) in [6, 6.07) is 6.87. The van der Waals surface area contributed by atoms with Gasteiger partial charge in [-0.1, -0.05) is 30.7 Å². The number of hydrogen-bond donors (Lipinski definition) is 1. The number of halogens is 1. The summed E-state index contributed by atoms with van der Waals surface area (Å²) >= 11 is 6.40. The molecule has 1 atom stereocenters. The average molecular weight is 253 g/mol. The van der Waals surface area contributed by atoms with Crippen molar-refractivity contribution in [1.82, 2.24) is 5.32 Å². The topological polar surface area (TPSA) is 15.3 Å². The summed E-state index contributed by atoms with van der Waals surface area (Å²) in [5, 5.41) is 4.11. The lowest BCUT2D eigenvalue weighted by molar-refractivity contribution is 0.642. The Hall–Kier alpha value is -0.730. The van der Waals surface area contributed by atoms with Crippen LogP contribution in [0.4, 0.5) is 5.69 Å². The molecule has 1 aromatic rings. The van der Waals surface area contributed by atoms with Crippen LogP contribution in [-0.4, -0.2) is 19.6 Å². The van der Waals surface area contributed by atoms with Crippen LogP contribution in [0.25, 0.3) is 0 Å². The number of rotatable bonds is 4. The molecule has 0 aliphatic carbocycles. The lowest BCUT2D eigenvalue weighted by Crippen LogP contribution is -2.30. The highest BCUT2D eigenvalue weighted by molar-refractivity contribution is 6.33.